The van der Waals surface area contributed by atoms with E-state index in [1.807, 2.05) is 45.0 Å². The summed E-state index contributed by atoms with van der Waals surface area (Å²) in [5.74, 6) is 0.584. The maximum absolute atomic E-state index is 11.6. The van der Waals surface area contributed by atoms with Crippen molar-refractivity contribution >= 4 is 21.8 Å². The SMILES string of the molecule is CCC(C)(C)NC(=O)COc1cccc(Br)c1. The quantitative estimate of drug-likeness (QED) is 0.907. The number of halogens is 1. The molecule has 94 valence electrons. The monoisotopic (exact) mass is 299 g/mol. The average molecular weight is 300 g/mol. The van der Waals surface area contributed by atoms with Crippen molar-refractivity contribution < 1.29 is 9.53 Å². The van der Waals surface area contributed by atoms with Gasteiger partial charge in [-0.3, -0.25) is 4.79 Å². The minimum atomic E-state index is -0.183. The van der Waals surface area contributed by atoms with Gasteiger partial charge in [-0.15, -0.1) is 0 Å². The van der Waals surface area contributed by atoms with Gasteiger partial charge in [0.1, 0.15) is 5.75 Å². The summed E-state index contributed by atoms with van der Waals surface area (Å²) in [6.45, 7) is 6.06. The molecule has 17 heavy (non-hydrogen) atoms. The first-order valence-corrected chi connectivity index (χ1v) is 6.41. The van der Waals surface area contributed by atoms with Crippen molar-refractivity contribution in [2.75, 3.05) is 6.61 Å². The van der Waals surface area contributed by atoms with E-state index in [9.17, 15) is 4.79 Å². The number of rotatable bonds is 5. The van der Waals surface area contributed by atoms with Crippen molar-refractivity contribution in [3.63, 3.8) is 0 Å². The molecule has 0 spiro atoms. The molecule has 4 heteroatoms. The molecule has 0 fully saturated rings. The Morgan fingerprint density at radius 3 is 2.76 bits per heavy atom. The number of ether oxygens (including phenoxy) is 1. The molecule has 0 aliphatic heterocycles. The smallest absolute Gasteiger partial charge is 0.258 e. The number of carbonyl (C=O) groups is 1. The Hall–Kier alpha value is -1.03. The molecule has 1 aromatic carbocycles. The fourth-order valence-corrected chi connectivity index (χ4v) is 1.59. The molecule has 1 amide bonds. The largest absolute Gasteiger partial charge is 0.484 e. The Bertz CT molecular complexity index is 391. The molecular weight excluding hydrogens is 282 g/mol. The second kappa shape index (κ2) is 6.05. The van der Waals surface area contributed by atoms with Gasteiger partial charge in [0.05, 0.1) is 0 Å². The molecule has 0 aromatic heterocycles. The van der Waals surface area contributed by atoms with Crippen LogP contribution >= 0.6 is 15.9 Å². The second-order valence-electron chi connectivity index (χ2n) is 4.53. The summed E-state index contributed by atoms with van der Waals surface area (Å²) in [5, 5.41) is 2.92. The maximum atomic E-state index is 11.6. The van der Waals surface area contributed by atoms with E-state index in [-0.39, 0.29) is 18.1 Å². The Morgan fingerprint density at radius 2 is 2.18 bits per heavy atom. The van der Waals surface area contributed by atoms with E-state index in [4.69, 9.17) is 4.74 Å². The third kappa shape index (κ3) is 5.22. The van der Waals surface area contributed by atoms with Gasteiger partial charge in [-0.1, -0.05) is 28.9 Å². The number of benzene rings is 1. The van der Waals surface area contributed by atoms with E-state index in [1.54, 1.807) is 0 Å². The van der Waals surface area contributed by atoms with Crippen molar-refractivity contribution in [2.45, 2.75) is 32.7 Å². The number of carbonyl (C=O) groups excluding carboxylic acids is 1. The highest BCUT2D eigenvalue weighted by molar-refractivity contribution is 9.10. The Labute approximate surface area is 111 Å². The Morgan fingerprint density at radius 1 is 1.47 bits per heavy atom. The summed E-state index contributed by atoms with van der Waals surface area (Å²) in [7, 11) is 0. The molecule has 0 atom stereocenters. The van der Waals surface area contributed by atoms with E-state index < -0.39 is 0 Å². The average Bonchev–Trinajstić information content (AvgIpc) is 2.26. The summed E-state index contributed by atoms with van der Waals surface area (Å²) in [4.78, 5) is 11.6. The minimum absolute atomic E-state index is 0.0416. The maximum Gasteiger partial charge on any atom is 0.258 e. The molecule has 0 heterocycles. The van der Waals surface area contributed by atoms with Crippen LogP contribution in [0.25, 0.3) is 0 Å². The van der Waals surface area contributed by atoms with Gasteiger partial charge in [0.15, 0.2) is 6.61 Å². The molecule has 1 rings (SSSR count). The van der Waals surface area contributed by atoms with Crippen LogP contribution in [0.2, 0.25) is 0 Å². The zero-order valence-electron chi connectivity index (χ0n) is 10.4. The summed E-state index contributed by atoms with van der Waals surface area (Å²) < 4.78 is 6.33. The summed E-state index contributed by atoms with van der Waals surface area (Å²) in [6, 6.07) is 7.43. The van der Waals surface area contributed by atoms with Gasteiger partial charge < -0.3 is 10.1 Å². The lowest BCUT2D eigenvalue weighted by atomic mass is 10.0. The lowest BCUT2D eigenvalue weighted by molar-refractivity contribution is -0.124. The topological polar surface area (TPSA) is 38.3 Å². The van der Waals surface area contributed by atoms with Crippen LogP contribution < -0.4 is 10.1 Å². The predicted octanol–water partition coefficient (Wildman–Crippen LogP) is 3.13. The lowest BCUT2D eigenvalue weighted by Gasteiger charge is -2.24. The second-order valence-corrected chi connectivity index (χ2v) is 5.45. The molecule has 1 aromatic rings. The highest BCUT2D eigenvalue weighted by Crippen LogP contribution is 2.17. The zero-order chi connectivity index (χ0) is 12.9. The van der Waals surface area contributed by atoms with Crippen LogP contribution in [0.4, 0.5) is 0 Å². The highest BCUT2D eigenvalue weighted by Gasteiger charge is 2.17. The molecule has 0 aliphatic carbocycles. The summed E-state index contributed by atoms with van der Waals surface area (Å²) in [6.07, 6.45) is 0.885. The van der Waals surface area contributed by atoms with E-state index in [1.165, 1.54) is 0 Å². The fourth-order valence-electron chi connectivity index (χ4n) is 1.21. The molecule has 0 radical (unpaired) electrons. The molecule has 0 saturated heterocycles. The number of nitrogens with one attached hydrogen (secondary N) is 1. The number of amides is 1. The van der Waals surface area contributed by atoms with E-state index >= 15 is 0 Å². The van der Waals surface area contributed by atoms with Gasteiger partial charge in [0, 0.05) is 10.0 Å². The van der Waals surface area contributed by atoms with Crippen molar-refractivity contribution in [2.24, 2.45) is 0 Å². The Kier molecular flexibility index (Phi) is 5.00. The lowest BCUT2D eigenvalue weighted by Crippen LogP contribution is -2.44. The van der Waals surface area contributed by atoms with Crippen LogP contribution in [0.15, 0.2) is 28.7 Å². The molecule has 0 saturated carbocycles. The van der Waals surface area contributed by atoms with Crippen molar-refractivity contribution in [3.8, 4) is 5.75 Å². The van der Waals surface area contributed by atoms with Crippen LogP contribution in [-0.2, 0) is 4.79 Å². The molecular formula is C13H18BrNO2. The van der Waals surface area contributed by atoms with Crippen LogP contribution in [0.5, 0.6) is 5.75 Å². The first-order chi connectivity index (χ1) is 7.93. The third-order valence-corrected chi connectivity index (χ3v) is 3.02. The highest BCUT2D eigenvalue weighted by atomic mass is 79.9. The molecule has 0 bridgehead atoms. The van der Waals surface area contributed by atoms with Gasteiger partial charge in [-0.05, 0) is 38.5 Å². The van der Waals surface area contributed by atoms with Crippen molar-refractivity contribution in [1.82, 2.24) is 5.32 Å². The number of hydrogen-bond acceptors (Lipinski definition) is 2. The van der Waals surface area contributed by atoms with Crippen LogP contribution in [0.1, 0.15) is 27.2 Å². The van der Waals surface area contributed by atoms with Crippen LogP contribution in [0.3, 0.4) is 0 Å². The fraction of sp³-hybridized carbons (Fsp3) is 0.462. The van der Waals surface area contributed by atoms with E-state index in [0.717, 1.165) is 10.9 Å². The van der Waals surface area contributed by atoms with Crippen molar-refractivity contribution in [3.05, 3.63) is 28.7 Å². The number of hydrogen-bond donors (Lipinski definition) is 1. The Balaban J connectivity index is 2.44. The van der Waals surface area contributed by atoms with Gasteiger partial charge in [-0.25, -0.2) is 0 Å². The minimum Gasteiger partial charge on any atom is -0.484 e. The summed E-state index contributed by atoms with van der Waals surface area (Å²) in [5.41, 5.74) is -0.183. The van der Waals surface area contributed by atoms with Crippen LogP contribution in [-0.4, -0.2) is 18.1 Å². The van der Waals surface area contributed by atoms with E-state index in [0.29, 0.717) is 5.75 Å². The molecule has 0 unspecified atom stereocenters. The van der Waals surface area contributed by atoms with Gasteiger partial charge in [-0.2, -0.15) is 0 Å². The molecule has 0 aliphatic rings. The van der Waals surface area contributed by atoms with Crippen molar-refractivity contribution in [1.29, 1.82) is 0 Å². The van der Waals surface area contributed by atoms with Gasteiger partial charge >= 0.3 is 0 Å². The van der Waals surface area contributed by atoms with Gasteiger partial charge in [0.25, 0.3) is 5.91 Å². The van der Waals surface area contributed by atoms with Gasteiger partial charge in [0.2, 0.25) is 0 Å². The standard InChI is InChI=1S/C13H18BrNO2/c1-4-13(2,3)15-12(16)9-17-11-7-5-6-10(14)8-11/h5-8H,4,9H2,1-3H3,(H,15,16). The summed E-state index contributed by atoms with van der Waals surface area (Å²) >= 11 is 3.35. The molecule has 3 nitrogen and oxygen atoms in total. The zero-order valence-corrected chi connectivity index (χ0v) is 12.0. The predicted molar refractivity (Wildman–Crippen MR) is 72.1 cm³/mol. The first-order valence-electron chi connectivity index (χ1n) is 5.62. The first kappa shape index (κ1) is 14.0. The van der Waals surface area contributed by atoms with E-state index in [2.05, 4.69) is 21.2 Å². The third-order valence-electron chi connectivity index (χ3n) is 2.53. The normalized spacial score (nSPS) is 11.1. The molecule has 1 N–H and O–H groups in total. The van der Waals surface area contributed by atoms with Crippen LogP contribution in [0, 0.1) is 0 Å².